The van der Waals surface area contributed by atoms with Gasteiger partial charge < -0.3 is 10.1 Å². The molecule has 0 aromatic heterocycles. The Morgan fingerprint density at radius 1 is 1.11 bits per heavy atom. The lowest BCUT2D eigenvalue weighted by Crippen LogP contribution is -1.95. The molecule has 0 saturated carbocycles. The quantitative estimate of drug-likeness (QED) is 0.849. The van der Waals surface area contributed by atoms with Crippen LogP contribution in [-0.4, -0.2) is 12.9 Å². The second-order valence-electron chi connectivity index (χ2n) is 4.11. The normalized spacial score (nSPS) is 10.1. The van der Waals surface area contributed by atoms with E-state index in [-0.39, 0.29) is 11.5 Å². The molecule has 0 unspecified atom stereocenters. The van der Waals surface area contributed by atoms with Gasteiger partial charge in [-0.3, -0.25) is 4.79 Å². The first kappa shape index (κ1) is 13.1. The molecule has 19 heavy (non-hydrogen) atoms. The van der Waals surface area contributed by atoms with E-state index in [1.165, 1.54) is 20.1 Å². The van der Waals surface area contributed by atoms with Gasteiger partial charge in [0.15, 0.2) is 17.3 Å². The molecule has 3 nitrogen and oxygen atoms in total. The number of benzene rings is 2. The van der Waals surface area contributed by atoms with E-state index in [1.807, 2.05) is 0 Å². The molecule has 4 heteroatoms. The number of anilines is 2. The van der Waals surface area contributed by atoms with Crippen molar-refractivity contribution in [1.29, 1.82) is 0 Å². The number of hydrogen-bond donors (Lipinski definition) is 1. The van der Waals surface area contributed by atoms with Crippen LogP contribution in [-0.2, 0) is 0 Å². The van der Waals surface area contributed by atoms with Crippen molar-refractivity contribution >= 4 is 17.2 Å². The molecule has 0 saturated heterocycles. The smallest absolute Gasteiger partial charge is 0.167 e. The van der Waals surface area contributed by atoms with Gasteiger partial charge in [-0.1, -0.05) is 0 Å². The maximum atomic E-state index is 13.5. The fraction of sp³-hybridized carbons (Fsp3) is 0.133. The van der Waals surface area contributed by atoms with Crippen molar-refractivity contribution in [2.24, 2.45) is 0 Å². The van der Waals surface area contributed by atoms with Crippen LogP contribution >= 0.6 is 0 Å². The molecule has 0 spiro atoms. The Kier molecular flexibility index (Phi) is 3.80. The molecule has 0 amide bonds. The third-order valence-electron chi connectivity index (χ3n) is 2.73. The lowest BCUT2D eigenvalue weighted by atomic mass is 10.1. The van der Waals surface area contributed by atoms with E-state index in [0.717, 1.165) is 5.69 Å². The van der Waals surface area contributed by atoms with Gasteiger partial charge in [0, 0.05) is 23.0 Å². The highest BCUT2D eigenvalue weighted by Crippen LogP contribution is 2.23. The summed E-state index contributed by atoms with van der Waals surface area (Å²) in [5, 5.41) is 3.06. The molecule has 2 rings (SSSR count). The Labute approximate surface area is 111 Å². The average molecular weight is 259 g/mol. The van der Waals surface area contributed by atoms with Crippen molar-refractivity contribution in [3.8, 4) is 5.75 Å². The third-order valence-corrected chi connectivity index (χ3v) is 2.73. The molecule has 0 bridgehead atoms. The van der Waals surface area contributed by atoms with Crippen LogP contribution < -0.4 is 10.1 Å². The summed E-state index contributed by atoms with van der Waals surface area (Å²) >= 11 is 0. The largest absolute Gasteiger partial charge is 0.494 e. The zero-order chi connectivity index (χ0) is 13.8. The minimum atomic E-state index is -0.423. The van der Waals surface area contributed by atoms with Gasteiger partial charge in [-0.25, -0.2) is 4.39 Å². The highest BCUT2D eigenvalue weighted by Gasteiger charge is 2.04. The van der Waals surface area contributed by atoms with Crippen LogP contribution in [0.25, 0.3) is 0 Å². The number of ketones is 1. The average Bonchev–Trinajstić information content (AvgIpc) is 2.39. The SMILES string of the molecule is COc1ccc(Nc2ccc(C(C)=O)cc2)cc1F. The van der Waals surface area contributed by atoms with Gasteiger partial charge >= 0.3 is 0 Å². The predicted molar refractivity (Wildman–Crippen MR) is 72.7 cm³/mol. The predicted octanol–water partition coefficient (Wildman–Crippen LogP) is 3.78. The third kappa shape index (κ3) is 3.10. The number of hydrogen-bond acceptors (Lipinski definition) is 3. The summed E-state index contributed by atoms with van der Waals surface area (Å²) < 4.78 is 18.4. The summed E-state index contributed by atoms with van der Waals surface area (Å²) in [7, 11) is 1.42. The van der Waals surface area contributed by atoms with Crippen LogP contribution in [0.1, 0.15) is 17.3 Å². The first-order chi connectivity index (χ1) is 9.10. The van der Waals surface area contributed by atoms with Gasteiger partial charge in [-0.05, 0) is 43.3 Å². The topological polar surface area (TPSA) is 38.3 Å². The fourth-order valence-corrected chi connectivity index (χ4v) is 1.70. The Bertz CT molecular complexity index is 594. The Morgan fingerprint density at radius 2 is 1.74 bits per heavy atom. The van der Waals surface area contributed by atoms with Crippen molar-refractivity contribution in [1.82, 2.24) is 0 Å². The van der Waals surface area contributed by atoms with Gasteiger partial charge in [-0.15, -0.1) is 0 Å². The second kappa shape index (κ2) is 5.52. The van der Waals surface area contributed by atoms with E-state index in [1.54, 1.807) is 36.4 Å². The van der Waals surface area contributed by atoms with Gasteiger partial charge in [0.25, 0.3) is 0 Å². The Balaban J connectivity index is 2.16. The van der Waals surface area contributed by atoms with Crippen molar-refractivity contribution in [2.75, 3.05) is 12.4 Å². The molecule has 0 fully saturated rings. The minimum Gasteiger partial charge on any atom is -0.494 e. The van der Waals surface area contributed by atoms with Crippen molar-refractivity contribution in [2.45, 2.75) is 6.92 Å². The van der Waals surface area contributed by atoms with Crippen LogP contribution in [0.2, 0.25) is 0 Å². The van der Waals surface area contributed by atoms with Crippen LogP contribution in [0.3, 0.4) is 0 Å². The molecular weight excluding hydrogens is 245 g/mol. The molecule has 0 atom stereocenters. The molecular formula is C15H14FNO2. The van der Waals surface area contributed by atoms with Crippen LogP contribution in [0.4, 0.5) is 15.8 Å². The first-order valence-corrected chi connectivity index (χ1v) is 5.81. The molecule has 1 N–H and O–H groups in total. The highest BCUT2D eigenvalue weighted by molar-refractivity contribution is 5.94. The van der Waals surface area contributed by atoms with E-state index in [4.69, 9.17) is 4.74 Å². The summed E-state index contributed by atoms with van der Waals surface area (Å²) in [4.78, 5) is 11.1. The summed E-state index contributed by atoms with van der Waals surface area (Å²) in [6.07, 6.45) is 0. The maximum absolute atomic E-state index is 13.5. The summed E-state index contributed by atoms with van der Waals surface area (Å²) in [5.41, 5.74) is 2.05. The lowest BCUT2D eigenvalue weighted by Gasteiger charge is -2.08. The standard InChI is InChI=1S/C15H14FNO2/c1-10(18)11-3-5-12(6-4-11)17-13-7-8-15(19-2)14(16)9-13/h3-9,17H,1-2H3. The molecule has 98 valence electrons. The van der Waals surface area contributed by atoms with Crippen molar-refractivity contribution in [3.05, 3.63) is 53.8 Å². The molecule has 2 aromatic rings. The molecule has 0 radical (unpaired) electrons. The van der Waals surface area contributed by atoms with Gasteiger partial charge in [-0.2, -0.15) is 0 Å². The number of Topliss-reactive ketones (excluding diaryl/α,β-unsaturated/α-hetero) is 1. The van der Waals surface area contributed by atoms with E-state index in [9.17, 15) is 9.18 Å². The number of carbonyl (C=O) groups is 1. The van der Waals surface area contributed by atoms with Crippen LogP contribution in [0.15, 0.2) is 42.5 Å². The summed E-state index contributed by atoms with van der Waals surface area (Å²) in [5.74, 6) is -0.202. The van der Waals surface area contributed by atoms with Crippen LogP contribution in [0.5, 0.6) is 5.75 Å². The van der Waals surface area contributed by atoms with Gasteiger partial charge in [0.1, 0.15) is 0 Å². The number of rotatable bonds is 4. The maximum Gasteiger partial charge on any atom is 0.167 e. The molecule has 0 aliphatic rings. The fourth-order valence-electron chi connectivity index (χ4n) is 1.70. The summed E-state index contributed by atoms with van der Waals surface area (Å²) in [6, 6.07) is 11.6. The second-order valence-corrected chi connectivity index (χ2v) is 4.11. The summed E-state index contributed by atoms with van der Waals surface area (Å²) in [6.45, 7) is 1.52. The zero-order valence-electron chi connectivity index (χ0n) is 10.7. The zero-order valence-corrected chi connectivity index (χ0v) is 10.7. The number of halogens is 1. The van der Waals surface area contributed by atoms with Crippen molar-refractivity contribution < 1.29 is 13.9 Å². The molecule has 0 aliphatic carbocycles. The number of nitrogens with one attached hydrogen (secondary N) is 1. The monoisotopic (exact) mass is 259 g/mol. The van der Waals surface area contributed by atoms with Crippen molar-refractivity contribution in [3.63, 3.8) is 0 Å². The number of carbonyl (C=O) groups excluding carboxylic acids is 1. The van der Waals surface area contributed by atoms with Gasteiger partial charge in [0.05, 0.1) is 7.11 Å². The first-order valence-electron chi connectivity index (χ1n) is 5.81. The minimum absolute atomic E-state index is 0.0158. The number of ether oxygens (including phenoxy) is 1. The molecule has 0 heterocycles. The Hall–Kier alpha value is -2.36. The highest BCUT2D eigenvalue weighted by atomic mass is 19.1. The Morgan fingerprint density at radius 3 is 2.26 bits per heavy atom. The van der Waals surface area contributed by atoms with E-state index >= 15 is 0 Å². The number of methoxy groups -OCH3 is 1. The van der Waals surface area contributed by atoms with E-state index in [0.29, 0.717) is 11.3 Å². The molecule has 0 aliphatic heterocycles. The van der Waals surface area contributed by atoms with Gasteiger partial charge in [0.2, 0.25) is 0 Å². The van der Waals surface area contributed by atoms with E-state index in [2.05, 4.69) is 5.32 Å². The van der Waals surface area contributed by atoms with Crippen LogP contribution in [0, 0.1) is 5.82 Å². The molecule has 2 aromatic carbocycles. The van der Waals surface area contributed by atoms with E-state index < -0.39 is 5.82 Å². The lowest BCUT2D eigenvalue weighted by molar-refractivity contribution is 0.101.